The number of hydrogen-bond acceptors (Lipinski definition) is 12. The predicted molar refractivity (Wildman–Crippen MR) is 209 cm³/mol. The maximum atomic E-state index is 13.7. The third kappa shape index (κ3) is 11.6. The van der Waals surface area contributed by atoms with Crippen molar-refractivity contribution in [3.05, 3.63) is 94.8 Å². The Kier molecular flexibility index (Phi) is 15.7. The number of halogens is 1. The minimum atomic E-state index is -1.02. The van der Waals surface area contributed by atoms with Gasteiger partial charge in [-0.3, -0.25) is 9.59 Å². The number of anilines is 1. The summed E-state index contributed by atoms with van der Waals surface area (Å²) in [5.74, 6) is -2.10. The van der Waals surface area contributed by atoms with Gasteiger partial charge in [-0.1, -0.05) is 30.1 Å². The van der Waals surface area contributed by atoms with E-state index in [1.54, 1.807) is 56.3 Å². The van der Waals surface area contributed by atoms with Crippen molar-refractivity contribution in [1.82, 2.24) is 5.32 Å². The van der Waals surface area contributed by atoms with E-state index in [0.717, 1.165) is 41.1 Å². The summed E-state index contributed by atoms with van der Waals surface area (Å²) in [5, 5.41) is 13.7. The first-order chi connectivity index (χ1) is 26.7. The zero-order valence-corrected chi connectivity index (χ0v) is 32.1. The number of nitrogens with one attached hydrogen (secondary N) is 1. The van der Waals surface area contributed by atoms with Crippen molar-refractivity contribution in [2.24, 2.45) is 0 Å². The topological polar surface area (TPSA) is 146 Å². The molecule has 55 heavy (non-hydrogen) atoms. The molecular weight excluding hydrogens is 732 g/mol. The Bertz CT molecular complexity index is 1940. The van der Waals surface area contributed by atoms with E-state index in [2.05, 4.69) is 20.4 Å². The fraction of sp³-hybridized carbons (Fsp3) is 0.390. The number of carbonyl (C=O) groups is 3. The number of amides is 1. The van der Waals surface area contributed by atoms with E-state index >= 15 is 0 Å². The summed E-state index contributed by atoms with van der Waals surface area (Å²) in [4.78, 5) is 36.4. The maximum Gasteiger partial charge on any atom is 0.379 e. The number of carbonyl (C=O) groups excluding carboxylic acids is 3. The summed E-state index contributed by atoms with van der Waals surface area (Å²) in [6, 6.07) is 16.8. The molecule has 0 unspecified atom stereocenters. The number of esters is 1. The Morgan fingerprint density at radius 2 is 1.62 bits per heavy atom. The van der Waals surface area contributed by atoms with Gasteiger partial charge in [0.1, 0.15) is 22.9 Å². The van der Waals surface area contributed by atoms with Crippen LogP contribution >= 0.6 is 11.9 Å². The number of benzene rings is 3. The van der Waals surface area contributed by atoms with E-state index in [4.69, 9.17) is 23.4 Å². The smallest absolute Gasteiger partial charge is 0.379 e. The molecule has 3 aromatic carbocycles. The first-order valence-electron chi connectivity index (χ1n) is 18.2. The molecule has 1 aliphatic rings. The standard InChI is InChI=1S/C41H47FN2O10S/c1-4-53-41(48)36(46)25-35(45)30-7-5-6-27(22-30)26-52-21-20-51-19-18-50-17-16-49-15-14-44(55-3)34-24-37-33(23-32(34)28-8-9-28)38(40(47)43-2)39(54-37)29-10-12-31(42)13-11-29/h5-7,10-13,22-25,28,45H,4,8-9,14-21,26H2,1-3H3,(H,43,47). The summed E-state index contributed by atoms with van der Waals surface area (Å²) in [5.41, 5.74) is 5.00. The molecule has 0 atom stereocenters. The number of nitrogens with zero attached hydrogens (tertiary/aromatic N) is 1. The lowest BCUT2D eigenvalue weighted by Gasteiger charge is -2.24. The molecule has 294 valence electrons. The second-order valence-electron chi connectivity index (χ2n) is 12.6. The monoisotopic (exact) mass is 778 g/mol. The molecule has 12 nitrogen and oxygen atoms in total. The van der Waals surface area contributed by atoms with Crippen LogP contribution < -0.4 is 9.62 Å². The van der Waals surface area contributed by atoms with Crippen LogP contribution in [0.15, 0.2) is 71.2 Å². The summed E-state index contributed by atoms with van der Waals surface area (Å²) >= 11 is 1.59. The molecule has 1 saturated carbocycles. The lowest BCUT2D eigenvalue weighted by molar-refractivity contribution is -0.151. The fourth-order valence-corrected chi connectivity index (χ4v) is 6.45. The van der Waals surface area contributed by atoms with Gasteiger partial charge < -0.3 is 42.8 Å². The third-order valence-electron chi connectivity index (χ3n) is 8.69. The number of hydrogen-bond donors (Lipinski definition) is 2. The van der Waals surface area contributed by atoms with Gasteiger partial charge in [0, 0.05) is 42.0 Å². The largest absolute Gasteiger partial charge is 0.507 e. The number of ether oxygens (including phenoxy) is 5. The fourth-order valence-electron chi connectivity index (χ4n) is 5.84. The van der Waals surface area contributed by atoms with Crippen LogP contribution in [0, 0.1) is 5.82 Å². The van der Waals surface area contributed by atoms with E-state index in [1.165, 1.54) is 12.1 Å². The molecule has 0 radical (unpaired) electrons. The van der Waals surface area contributed by atoms with Crippen LogP contribution in [0.2, 0.25) is 0 Å². The summed E-state index contributed by atoms with van der Waals surface area (Å²) in [6.45, 7) is 5.41. The highest BCUT2D eigenvalue weighted by Gasteiger charge is 2.31. The minimum Gasteiger partial charge on any atom is -0.507 e. The number of aliphatic hydroxyl groups is 1. The van der Waals surface area contributed by atoms with Gasteiger partial charge in [-0.25, -0.2) is 9.18 Å². The first-order valence-corrected chi connectivity index (χ1v) is 19.3. The average Bonchev–Trinajstić information content (AvgIpc) is 3.98. The van der Waals surface area contributed by atoms with Gasteiger partial charge in [0.15, 0.2) is 0 Å². The molecule has 1 fully saturated rings. The third-order valence-corrected chi connectivity index (χ3v) is 9.51. The molecule has 14 heteroatoms. The highest BCUT2D eigenvalue weighted by Crippen LogP contribution is 2.48. The van der Waals surface area contributed by atoms with Gasteiger partial charge in [-0.15, -0.1) is 0 Å². The quantitative estimate of drug-likeness (QED) is 0.0203. The SMILES string of the molecule is CCOC(=O)C(=O)C=C(O)c1cccc(COCCOCCOCCOCCN(SC)c2cc3oc(-c4ccc(F)cc4)c(C(=O)NC)c3cc2C2CC2)c1. The average molecular weight is 779 g/mol. The minimum absolute atomic E-state index is 0.0707. The summed E-state index contributed by atoms with van der Waals surface area (Å²) in [6.07, 6.45) is 5.01. The molecule has 1 aromatic heterocycles. The van der Waals surface area contributed by atoms with Crippen molar-refractivity contribution in [2.45, 2.75) is 32.3 Å². The zero-order valence-electron chi connectivity index (χ0n) is 31.3. The number of furan rings is 1. The molecule has 4 aromatic rings. The highest BCUT2D eigenvalue weighted by atomic mass is 32.2. The van der Waals surface area contributed by atoms with Crippen LogP contribution in [0.25, 0.3) is 28.1 Å². The number of ketones is 1. The summed E-state index contributed by atoms with van der Waals surface area (Å²) < 4.78 is 49.6. The van der Waals surface area contributed by atoms with E-state index in [-0.39, 0.29) is 30.7 Å². The Morgan fingerprint density at radius 1 is 0.945 bits per heavy atom. The van der Waals surface area contributed by atoms with Crippen LogP contribution in [-0.2, 0) is 39.9 Å². The van der Waals surface area contributed by atoms with Crippen molar-refractivity contribution in [1.29, 1.82) is 0 Å². The van der Waals surface area contributed by atoms with Crippen LogP contribution in [0.1, 0.15) is 52.7 Å². The number of fused-ring (bicyclic) bond motifs is 1. The Hall–Kier alpha value is -4.73. The lowest BCUT2D eigenvalue weighted by atomic mass is 10.0. The van der Waals surface area contributed by atoms with Gasteiger partial charge in [-0.05, 0) is 73.2 Å². The second kappa shape index (κ2) is 20.8. The highest BCUT2D eigenvalue weighted by molar-refractivity contribution is 7.99. The Balaban J connectivity index is 1.01. The Morgan fingerprint density at radius 3 is 2.25 bits per heavy atom. The molecular formula is C41H47FN2O10S. The molecule has 1 heterocycles. The van der Waals surface area contributed by atoms with E-state index < -0.39 is 11.8 Å². The lowest BCUT2D eigenvalue weighted by Crippen LogP contribution is -2.22. The van der Waals surface area contributed by atoms with Gasteiger partial charge in [0.25, 0.3) is 11.7 Å². The van der Waals surface area contributed by atoms with Crippen molar-refractivity contribution in [2.75, 3.05) is 77.0 Å². The van der Waals surface area contributed by atoms with Gasteiger partial charge in [0.05, 0.1) is 77.3 Å². The number of aliphatic hydroxyl groups excluding tert-OH is 1. The molecule has 1 aliphatic carbocycles. The molecule has 5 rings (SSSR count). The van der Waals surface area contributed by atoms with Crippen molar-refractivity contribution in [3.8, 4) is 11.3 Å². The summed E-state index contributed by atoms with van der Waals surface area (Å²) in [7, 11) is 1.59. The molecule has 0 aliphatic heterocycles. The second-order valence-corrected chi connectivity index (χ2v) is 13.4. The van der Waals surface area contributed by atoms with Crippen LogP contribution in [0.3, 0.4) is 0 Å². The zero-order chi connectivity index (χ0) is 39.2. The normalized spacial score (nSPS) is 12.9. The van der Waals surface area contributed by atoms with Crippen molar-refractivity contribution >= 4 is 52.0 Å². The van der Waals surface area contributed by atoms with Crippen molar-refractivity contribution in [3.63, 3.8) is 0 Å². The van der Waals surface area contributed by atoms with E-state index in [1.807, 2.05) is 18.4 Å². The first kappa shape index (κ1) is 41.4. The molecule has 0 saturated heterocycles. The van der Waals surface area contributed by atoms with Crippen LogP contribution in [0.4, 0.5) is 10.1 Å². The molecule has 0 bridgehead atoms. The van der Waals surface area contributed by atoms with Crippen molar-refractivity contribution < 1.29 is 52.0 Å². The molecule has 2 N–H and O–H groups in total. The van der Waals surface area contributed by atoms with Crippen LogP contribution in [-0.4, -0.2) is 95.5 Å². The van der Waals surface area contributed by atoms with Crippen LogP contribution in [0.5, 0.6) is 0 Å². The van der Waals surface area contributed by atoms with Gasteiger partial charge >= 0.3 is 5.97 Å². The molecule has 0 spiro atoms. The van der Waals surface area contributed by atoms with Gasteiger partial charge in [-0.2, -0.15) is 0 Å². The maximum absolute atomic E-state index is 13.7. The van der Waals surface area contributed by atoms with E-state index in [0.29, 0.717) is 86.7 Å². The van der Waals surface area contributed by atoms with Gasteiger partial charge in [0.2, 0.25) is 0 Å². The molecule has 1 amide bonds. The van der Waals surface area contributed by atoms with E-state index in [9.17, 15) is 23.9 Å². The predicted octanol–water partition coefficient (Wildman–Crippen LogP) is 6.86. The Labute approximate surface area is 324 Å². The number of rotatable bonds is 23.